The van der Waals surface area contributed by atoms with Crippen LogP contribution in [0.5, 0.6) is 0 Å². The number of amides is 1. The number of likely N-dealkylation sites (N-methyl/N-ethyl adjacent to an activating group) is 1. The molecule has 21 heavy (non-hydrogen) atoms. The molecule has 1 aromatic rings. The molecule has 0 saturated heterocycles. The van der Waals surface area contributed by atoms with Crippen molar-refractivity contribution in [1.29, 1.82) is 0 Å². The Balaban J connectivity index is 1.93. The van der Waals surface area contributed by atoms with Crippen LogP contribution in [0.3, 0.4) is 0 Å². The van der Waals surface area contributed by atoms with E-state index in [2.05, 4.69) is 36.5 Å². The molecule has 2 atom stereocenters. The minimum Gasteiger partial charge on any atom is -0.368 e. The molecule has 116 valence electrons. The average molecular weight is 306 g/mol. The van der Waals surface area contributed by atoms with Gasteiger partial charge < -0.3 is 11.1 Å². The molecule has 1 aliphatic rings. The Labute approximate surface area is 132 Å². The van der Waals surface area contributed by atoms with Crippen molar-refractivity contribution in [2.24, 2.45) is 11.7 Å². The van der Waals surface area contributed by atoms with Crippen LogP contribution in [0.2, 0.25) is 0 Å². The molecule has 0 spiro atoms. The van der Waals surface area contributed by atoms with Crippen molar-refractivity contribution in [3.05, 3.63) is 29.8 Å². The van der Waals surface area contributed by atoms with E-state index < -0.39 is 5.54 Å². The molecule has 3 N–H and O–H groups in total. The number of benzene rings is 1. The quantitative estimate of drug-likeness (QED) is 0.761. The maximum Gasteiger partial charge on any atom is 0.238 e. The number of carbonyl (C=O) groups is 1. The molecule has 0 aliphatic heterocycles. The van der Waals surface area contributed by atoms with E-state index in [4.69, 9.17) is 5.73 Å². The first-order valence-electron chi connectivity index (χ1n) is 7.83. The van der Waals surface area contributed by atoms with Crippen LogP contribution in [0, 0.1) is 12.8 Å². The number of thioether (sulfide) groups is 1. The molecule has 2 unspecified atom stereocenters. The van der Waals surface area contributed by atoms with E-state index in [0.717, 1.165) is 38.0 Å². The summed E-state index contributed by atoms with van der Waals surface area (Å²) in [5, 5.41) is 3.38. The maximum atomic E-state index is 12.0. The number of nitrogens with one attached hydrogen (secondary N) is 1. The molecule has 1 saturated carbocycles. The maximum absolute atomic E-state index is 12.0. The highest BCUT2D eigenvalue weighted by molar-refractivity contribution is 7.99. The minimum atomic E-state index is -0.470. The normalized spacial score (nSPS) is 25.1. The molecular formula is C17H26N2OS. The van der Waals surface area contributed by atoms with Gasteiger partial charge in [-0.15, -0.1) is 11.8 Å². The average Bonchev–Trinajstić information content (AvgIpc) is 2.84. The van der Waals surface area contributed by atoms with Gasteiger partial charge in [-0.25, -0.2) is 0 Å². The fraction of sp³-hybridized carbons (Fsp3) is 0.588. The van der Waals surface area contributed by atoms with Crippen LogP contribution < -0.4 is 11.1 Å². The second-order valence-corrected chi connectivity index (χ2v) is 7.08. The standard InChI is InChI=1S/C17H26N2OS/c1-3-19-17(16(18)20)10-5-7-14(17)9-11-21-15-8-4-6-13(2)12-15/h4,6,8,12,14,19H,3,5,7,9-11H2,1-2H3,(H2,18,20). The van der Waals surface area contributed by atoms with Crippen molar-refractivity contribution < 1.29 is 4.79 Å². The first-order valence-corrected chi connectivity index (χ1v) is 8.81. The predicted molar refractivity (Wildman–Crippen MR) is 89.5 cm³/mol. The van der Waals surface area contributed by atoms with E-state index in [1.165, 1.54) is 10.5 Å². The van der Waals surface area contributed by atoms with E-state index in [0.29, 0.717) is 5.92 Å². The van der Waals surface area contributed by atoms with Crippen molar-refractivity contribution in [1.82, 2.24) is 5.32 Å². The molecule has 4 heteroatoms. The van der Waals surface area contributed by atoms with Crippen LogP contribution in [-0.4, -0.2) is 23.7 Å². The molecular weight excluding hydrogens is 280 g/mol. The summed E-state index contributed by atoms with van der Waals surface area (Å²) in [6.45, 7) is 4.95. The lowest BCUT2D eigenvalue weighted by atomic mass is 9.84. The zero-order valence-electron chi connectivity index (χ0n) is 13.0. The smallest absolute Gasteiger partial charge is 0.238 e. The lowest BCUT2D eigenvalue weighted by molar-refractivity contribution is -0.125. The van der Waals surface area contributed by atoms with Crippen molar-refractivity contribution in [3.63, 3.8) is 0 Å². The first-order chi connectivity index (χ1) is 10.1. The number of primary amides is 1. The molecule has 0 bridgehead atoms. The van der Waals surface area contributed by atoms with Crippen LogP contribution in [0.15, 0.2) is 29.2 Å². The summed E-state index contributed by atoms with van der Waals surface area (Å²) >= 11 is 1.87. The molecule has 3 nitrogen and oxygen atoms in total. The monoisotopic (exact) mass is 306 g/mol. The fourth-order valence-electron chi connectivity index (χ4n) is 3.45. The van der Waals surface area contributed by atoms with Crippen LogP contribution >= 0.6 is 11.8 Å². The highest BCUT2D eigenvalue weighted by atomic mass is 32.2. The minimum absolute atomic E-state index is 0.174. The van der Waals surface area contributed by atoms with E-state index in [1.807, 2.05) is 18.7 Å². The van der Waals surface area contributed by atoms with Crippen molar-refractivity contribution in [2.45, 2.75) is 50.0 Å². The van der Waals surface area contributed by atoms with Gasteiger partial charge in [-0.05, 0) is 56.5 Å². The Morgan fingerprint density at radius 3 is 3.00 bits per heavy atom. The van der Waals surface area contributed by atoms with Gasteiger partial charge in [-0.1, -0.05) is 31.0 Å². The second-order valence-electron chi connectivity index (χ2n) is 5.91. The Hall–Kier alpha value is -1.00. The SMILES string of the molecule is CCNC1(C(N)=O)CCCC1CCSc1cccc(C)c1. The molecule has 2 rings (SSSR count). The number of rotatable bonds is 7. The molecule has 1 aromatic carbocycles. The number of nitrogens with two attached hydrogens (primary N) is 1. The van der Waals surface area contributed by atoms with Crippen molar-refractivity contribution in [2.75, 3.05) is 12.3 Å². The van der Waals surface area contributed by atoms with E-state index in [9.17, 15) is 4.79 Å². The molecule has 0 aromatic heterocycles. The van der Waals surface area contributed by atoms with Gasteiger partial charge in [0, 0.05) is 4.90 Å². The van der Waals surface area contributed by atoms with Gasteiger partial charge in [0.1, 0.15) is 5.54 Å². The topological polar surface area (TPSA) is 55.1 Å². The lowest BCUT2D eigenvalue weighted by Gasteiger charge is -2.33. The second kappa shape index (κ2) is 7.32. The molecule has 0 radical (unpaired) electrons. The summed E-state index contributed by atoms with van der Waals surface area (Å²) in [7, 11) is 0. The third kappa shape index (κ3) is 3.80. The Morgan fingerprint density at radius 2 is 2.33 bits per heavy atom. The summed E-state index contributed by atoms with van der Waals surface area (Å²) in [6.07, 6.45) is 4.12. The third-order valence-electron chi connectivity index (χ3n) is 4.48. The van der Waals surface area contributed by atoms with Crippen LogP contribution in [0.4, 0.5) is 0 Å². The Kier molecular flexibility index (Phi) is 5.71. The zero-order chi connectivity index (χ0) is 15.3. The van der Waals surface area contributed by atoms with Crippen LogP contribution in [0.1, 0.15) is 38.2 Å². The zero-order valence-corrected chi connectivity index (χ0v) is 13.8. The van der Waals surface area contributed by atoms with Gasteiger partial charge >= 0.3 is 0 Å². The Morgan fingerprint density at radius 1 is 1.52 bits per heavy atom. The third-order valence-corrected chi connectivity index (χ3v) is 5.50. The Bertz CT molecular complexity index is 491. The summed E-state index contributed by atoms with van der Waals surface area (Å²) in [4.78, 5) is 13.3. The molecule has 0 heterocycles. The molecule has 1 aliphatic carbocycles. The van der Waals surface area contributed by atoms with Gasteiger partial charge in [0.2, 0.25) is 5.91 Å². The van der Waals surface area contributed by atoms with E-state index in [-0.39, 0.29) is 5.91 Å². The highest BCUT2D eigenvalue weighted by Crippen LogP contribution is 2.39. The van der Waals surface area contributed by atoms with Gasteiger partial charge in [0.25, 0.3) is 0 Å². The molecule has 1 amide bonds. The number of hydrogen-bond acceptors (Lipinski definition) is 3. The number of hydrogen-bond donors (Lipinski definition) is 2. The summed E-state index contributed by atoms with van der Waals surface area (Å²) in [6, 6.07) is 8.58. The molecule has 1 fully saturated rings. The van der Waals surface area contributed by atoms with Gasteiger partial charge in [-0.2, -0.15) is 0 Å². The number of carbonyl (C=O) groups excluding carboxylic acids is 1. The summed E-state index contributed by atoms with van der Waals surface area (Å²) < 4.78 is 0. The van der Waals surface area contributed by atoms with Crippen molar-refractivity contribution in [3.8, 4) is 0 Å². The summed E-state index contributed by atoms with van der Waals surface area (Å²) in [5.74, 6) is 1.23. The lowest BCUT2D eigenvalue weighted by Crippen LogP contribution is -2.57. The fourth-order valence-corrected chi connectivity index (χ4v) is 4.53. The van der Waals surface area contributed by atoms with Crippen LogP contribution in [0.25, 0.3) is 0 Å². The highest BCUT2D eigenvalue weighted by Gasteiger charge is 2.46. The van der Waals surface area contributed by atoms with Crippen molar-refractivity contribution >= 4 is 17.7 Å². The van der Waals surface area contributed by atoms with E-state index >= 15 is 0 Å². The van der Waals surface area contributed by atoms with Gasteiger partial charge in [-0.3, -0.25) is 4.79 Å². The largest absolute Gasteiger partial charge is 0.368 e. The van der Waals surface area contributed by atoms with Gasteiger partial charge in [0.15, 0.2) is 0 Å². The first kappa shape index (κ1) is 16.4. The predicted octanol–water partition coefficient (Wildman–Crippen LogP) is 3.11. The van der Waals surface area contributed by atoms with Crippen LogP contribution in [-0.2, 0) is 4.79 Å². The summed E-state index contributed by atoms with van der Waals surface area (Å²) in [5.41, 5.74) is 6.53. The van der Waals surface area contributed by atoms with Gasteiger partial charge in [0.05, 0.1) is 0 Å². The number of aryl methyl sites for hydroxylation is 1. The van der Waals surface area contributed by atoms with E-state index in [1.54, 1.807) is 0 Å².